The molecule has 0 aliphatic carbocycles. The van der Waals surface area contributed by atoms with E-state index in [1.807, 2.05) is 20.8 Å². The maximum atomic E-state index is 5.33. The Balaban J connectivity index is 2.22. The molecule has 0 saturated carbocycles. The minimum Gasteiger partial charge on any atom is -0.364 e. The average molecular weight is 160 g/mol. The quantitative estimate of drug-likeness (QED) is 0.447. The summed E-state index contributed by atoms with van der Waals surface area (Å²) in [6.07, 6.45) is 0.313. The van der Waals surface area contributed by atoms with Crippen LogP contribution in [0.4, 0.5) is 0 Å². The average Bonchev–Trinajstić information content (AvgIpc) is 2.67. The molecule has 3 heteroatoms. The Hall–Kier alpha value is -0.120. The standard InChI is InChI=1S/C8H16O3/c1-4-9-8(10-5-2)7-6(3)11-7/h6-8H,4-5H2,1-3H3. The monoisotopic (exact) mass is 160 g/mol. The second-order valence-electron chi connectivity index (χ2n) is 2.58. The summed E-state index contributed by atoms with van der Waals surface area (Å²) < 4.78 is 15.9. The van der Waals surface area contributed by atoms with Gasteiger partial charge in [-0.3, -0.25) is 0 Å². The number of hydrogen-bond acceptors (Lipinski definition) is 3. The van der Waals surface area contributed by atoms with Crippen LogP contribution in [-0.4, -0.2) is 31.7 Å². The predicted molar refractivity (Wildman–Crippen MR) is 41.4 cm³/mol. The maximum Gasteiger partial charge on any atom is 0.186 e. The minimum atomic E-state index is -0.153. The van der Waals surface area contributed by atoms with Crippen LogP contribution in [0.3, 0.4) is 0 Å². The van der Waals surface area contributed by atoms with Gasteiger partial charge in [0.1, 0.15) is 6.10 Å². The van der Waals surface area contributed by atoms with Gasteiger partial charge >= 0.3 is 0 Å². The lowest BCUT2D eigenvalue weighted by Gasteiger charge is -2.13. The molecule has 1 fully saturated rings. The fraction of sp³-hybridized carbons (Fsp3) is 1.00. The summed E-state index contributed by atoms with van der Waals surface area (Å²) in [5.74, 6) is 0. The third-order valence-corrected chi connectivity index (χ3v) is 1.69. The zero-order valence-electron chi connectivity index (χ0n) is 7.37. The van der Waals surface area contributed by atoms with E-state index >= 15 is 0 Å². The van der Waals surface area contributed by atoms with Crippen molar-refractivity contribution in [3.63, 3.8) is 0 Å². The van der Waals surface area contributed by atoms with Gasteiger partial charge in [0.25, 0.3) is 0 Å². The fourth-order valence-corrected chi connectivity index (χ4v) is 1.05. The molecule has 1 heterocycles. The highest BCUT2D eigenvalue weighted by Gasteiger charge is 2.42. The molecule has 3 nitrogen and oxygen atoms in total. The molecule has 2 unspecified atom stereocenters. The Kier molecular flexibility index (Phi) is 3.30. The molecular weight excluding hydrogens is 144 g/mol. The van der Waals surface area contributed by atoms with Gasteiger partial charge in [0.2, 0.25) is 0 Å². The smallest absolute Gasteiger partial charge is 0.186 e. The summed E-state index contributed by atoms with van der Waals surface area (Å²) in [5.41, 5.74) is 0. The van der Waals surface area contributed by atoms with Gasteiger partial charge in [-0.2, -0.15) is 0 Å². The highest BCUT2D eigenvalue weighted by molar-refractivity contribution is 4.83. The normalized spacial score (nSPS) is 29.5. The molecule has 0 radical (unpaired) electrons. The summed E-state index contributed by atoms with van der Waals surface area (Å²) in [6.45, 7) is 7.29. The largest absolute Gasteiger partial charge is 0.364 e. The van der Waals surface area contributed by atoms with Gasteiger partial charge < -0.3 is 14.2 Å². The molecule has 0 aromatic carbocycles. The molecule has 0 amide bonds. The Morgan fingerprint density at radius 2 is 1.73 bits per heavy atom. The first-order valence-corrected chi connectivity index (χ1v) is 4.18. The second kappa shape index (κ2) is 4.04. The van der Waals surface area contributed by atoms with E-state index < -0.39 is 0 Å². The molecule has 1 aliphatic rings. The topological polar surface area (TPSA) is 31.0 Å². The van der Waals surface area contributed by atoms with Crippen molar-refractivity contribution in [3.05, 3.63) is 0 Å². The summed E-state index contributed by atoms with van der Waals surface area (Å²) in [7, 11) is 0. The Morgan fingerprint density at radius 1 is 1.27 bits per heavy atom. The number of rotatable bonds is 5. The van der Waals surface area contributed by atoms with E-state index in [1.165, 1.54) is 0 Å². The molecule has 1 rings (SSSR count). The van der Waals surface area contributed by atoms with Crippen molar-refractivity contribution in [1.82, 2.24) is 0 Å². The number of ether oxygens (including phenoxy) is 3. The molecule has 1 aliphatic heterocycles. The van der Waals surface area contributed by atoms with Crippen LogP contribution in [0, 0.1) is 0 Å². The molecule has 66 valence electrons. The van der Waals surface area contributed by atoms with Gasteiger partial charge in [0.15, 0.2) is 6.29 Å². The van der Waals surface area contributed by atoms with Crippen LogP contribution in [0.25, 0.3) is 0 Å². The summed E-state index contributed by atoms with van der Waals surface area (Å²) in [4.78, 5) is 0. The van der Waals surface area contributed by atoms with Gasteiger partial charge in [0, 0.05) is 13.2 Å². The summed E-state index contributed by atoms with van der Waals surface area (Å²) in [6, 6.07) is 0. The Bertz CT molecular complexity index is 110. The zero-order valence-corrected chi connectivity index (χ0v) is 7.37. The van der Waals surface area contributed by atoms with Crippen LogP contribution in [0.15, 0.2) is 0 Å². The molecule has 11 heavy (non-hydrogen) atoms. The molecule has 0 spiro atoms. The van der Waals surface area contributed by atoms with Crippen LogP contribution in [-0.2, 0) is 14.2 Å². The van der Waals surface area contributed by atoms with Crippen LogP contribution < -0.4 is 0 Å². The highest BCUT2D eigenvalue weighted by Crippen LogP contribution is 2.26. The molecular formula is C8H16O3. The van der Waals surface area contributed by atoms with Crippen molar-refractivity contribution < 1.29 is 14.2 Å². The molecule has 0 aromatic heterocycles. The van der Waals surface area contributed by atoms with Gasteiger partial charge in [0.05, 0.1) is 6.10 Å². The van der Waals surface area contributed by atoms with Crippen molar-refractivity contribution in [2.75, 3.05) is 13.2 Å². The van der Waals surface area contributed by atoms with Crippen molar-refractivity contribution in [2.24, 2.45) is 0 Å². The van der Waals surface area contributed by atoms with E-state index in [9.17, 15) is 0 Å². The molecule has 1 saturated heterocycles. The van der Waals surface area contributed by atoms with E-state index in [1.54, 1.807) is 0 Å². The third kappa shape index (κ3) is 2.43. The van der Waals surface area contributed by atoms with Crippen molar-refractivity contribution >= 4 is 0 Å². The zero-order chi connectivity index (χ0) is 8.27. The molecule has 0 N–H and O–H groups in total. The third-order valence-electron chi connectivity index (χ3n) is 1.69. The fourth-order valence-electron chi connectivity index (χ4n) is 1.05. The van der Waals surface area contributed by atoms with Gasteiger partial charge in [-0.1, -0.05) is 0 Å². The molecule has 2 atom stereocenters. The second-order valence-corrected chi connectivity index (χ2v) is 2.58. The van der Waals surface area contributed by atoms with Crippen LogP contribution in [0.1, 0.15) is 20.8 Å². The molecule has 0 aromatic rings. The Labute approximate surface area is 67.6 Å². The predicted octanol–water partition coefficient (Wildman–Crippen LogP) is 1.17. The van der Waals surface area contributed by atoms with E-state index in [4.69, 9.17) is 14.2 Å². The van der Waals surface area contributed by atoms with E-state index in [0.717, 1.165) is 0 Å². The van der Waals surface area contributed by atoms with E-state index in [0.29, 0.717) is 19.3 Å². The first-order valence-electron chi connectivity index (χ1n) is 4.18. The lowest BCUT2D eigenvalue weighted by Crippen LogP contribution is -2.24. The van der Waals surface area contributed by atoms with Crippen LogP contribution >= 0.6 is 0 Å². The summed E-state index contributed by atoms with van der Waals surface area (Å²) in [5, 5.41) is 0. The molecule has 0 bridgehead atoms. The number of epoxide rings is 1. The van der Waals surface area contributed by atoms with E-state index in [2.05, 4.69) is 0 Å². The van der Waals surface area contributed by atoms with Crippen LogP contribution in [0.5, 0.6) is 0 Å². The first kappa shape index (κ1) is 8.97. The SMILES string of the molecule is CCOC(OCC)C1OC1C. The Morgan fingerprint density at radius 3 is 2.00 bits per heavy atom. The minimum absolute atomic E-state index is 0.153. The highest BCUT2D eigenvalue weighted by atomic mass is 16.7. The van der Waals surface area contributed by atoms with Crippen molar-refractivity contribution in [1.29, 1.82) is 0 Å². The number of hydrogen-bond donors (Lipinski definition) is 0. The lowest BCUT2D eigenvalue weighted by atomic mass is 10.3. The van der Waals surface area contributed by atoms with Crippen LogP contribution in [0.2, 0.25) is 0 Å². The van der Waals surface area contributed by atoms with E-state index in [-0.39, 0.29) is 12.4 Å². The summed E-state index contributed by atoms with van der Waals surface area (Å²) >= 11 is 0. The maximum absolute atomic E-state index is 5.33. The van der Waals surface area contributed by atoms with Gasteiger partial charge in [-0.15, -0.1) is 0 Å². The van der Waals surface area contributed by atoms with Gasteiger partial charge in [-0.05, 0) is 20.8 Å². The van der Waals surface area contributed by atoms with Crippen molar-refractivity contribution in [3.8, 4) is 0 Å². The van der Waals surface area contributed by atoms with Crippen molar-refractivity contribution in [2.45, 2.75) is 39.3 Å². The van der Waals surface area contributed by atoms with Gasteiger partial charge in [-0.25, -0.2) is 0 Å². The first-order chi connectivity index (χ1) is 5.29. The lowest BCUT2D eigenvalue weighted by molar-refractivity contribution is -0.147.